The monoisotopic (exact) mass is 332 g/mol. The predicted octanol–water partition coefficient (Wildman–Crippen LogP) is 3.91. The van der Waals surface area contributed by atoms with E-state index in [1.807, 2.05) is 6.92 Å². The van der Waals surface area contributed by atoms with Gasteiger partial charge in [-0.15, -0.1) is 11.3 Å². The van der Waals surface area contributed by atoms with Gasteiger partial charge in [-0.05, 0) is 26.0 Å². The summed E-state index contributed by atoms with van der Waals surface area (Å²) in [5, 5.41) is 4.60. The molecule has 0 unspecified atom stereocenters. The number of halogens is 1. The first-order chi connectivity index (χ1) is 11.0. The number of nitrogens with zero attached hydrogens (tertiary/aromatic N) is 2. The zero-order valence-electron chi connectivity index (χ0n) is 12.5. The quantitative estimate of drug-likeness (QED) is 0.678. The summed E-state index contributed by atoms with van der Waals surface area (Å²) in [6.07, 6.45) is 0. The van der Waals surface area contributed by atoms with E-state index in [0.717, 1.165) is 5.01 Å². The van der Waals surface area contributed by atoms with Gasteiger partial charge in [0.2, 0.25) is 0 Å². The van der Waals surface area contributed by atoms with Crippen molar-refractivity contribution >= 4 is 17.3 Å². The van der Waals surface area contributed by atoms with Crippen molar-refractivity contribution in [2.45, 2.75) is 20.5 Å². The van der Waals surface area contributed by atoms with Crippen molar-refractivity contribution in [3.8, 4) is 11.3 Å². The van der Waals surface area contributed by atoms with Crippen molar-refractivity contribution < 1.29 is 18.4 Å². The minimum Gasteiger partial charge on any atom is -0.455 e. The lowest BCUT2D eigenvalue weighted by Gasteiger charge is -2.00. The van der Waals surface area contributed by atoms with Crippen LogP contribution in [0.15, 0.2) is 34.9 Å². The molecule has 3 rings (SSSR count). The van der Waals surface area contributed by atoms with Crippen LogP contribution < -0.4 is 0 Å². The fourth-order valence-corrected chi connectivity index (χ4v) is 2.91. The first-order valence-corrected chi connectivity index (χ1v) is 7.68. The third kappa shape index (κ3) is 3.29. The van der Waals surface area contributed by atoms with Crippen LogP contribution in [0.2, 0.25) is 0 Å². The van der Waals surface area contributed by atoms with Gasteiger partial charge in [-0.2, -0.15) is 0 Å². The van der Waals surface area contributed by atoms with Crippen LogP contribution in [0.1, 0.15) is 26.1 Å². The van der Waals surface area contributed by atoms with E-state index in [9.17, 15) is 9.18 Å². The lowest BCUT2D eigenvalue weighted by molar-refractivity contribution is 0.0469. The molecule has 23 heavy (non-hydrogen) atoms. The number of carbonyl (C=O) groups excluding carboxylic acids is 1. The molecule has 0 atom stereocenters. The van der Waals surface area contributed by atoms with Crippen LogP contribution in [0.3, 0.4) is 0 Å². The number of aryl methyl sites for hydroxylation is 2. The molecule has 3 aromatic rings. The molecule has 118 valence electrons. The van der Waals surface area contributed by atoms with E-state index in [1.165, 1.54) is 17.4 Å². The highest BCUT2D eigenvalue weighted by molar-refractivity contribution is 7.13. The van der Waals surface area contributed by atoms with Gasteiger partial charge in [0.25, 0.3) is 0 Å². The second-order valence-corrected chi connectivity index (χ2v) is 6.09. The largest absolute Gasteiger partial charge is 0.455 e. The molecule has 0 saturated carbocycles. The van der Waals surface area contributed by atoms with E-state index in [1.54, 1.807) is 31.2 Å². The lowest BCUT2D eigenvalue weighted by atomic mass is 10.1. The maximum atomic E-state index is 13.7. The van der Waals surface area contributed by atoms with Gasteiger partial charge in [0.15, 0.2) is 5.76 Å². The average Bonchev–Trinajstić information content (AvgIpc) is 3.12. The van der Waals surface area contributed by atoms with Crippen molar-refractivity contribution in [1.82, 2.24) is 10.1 Å². The minimum atomic E-state index is -0.455. The number of aromatic nitrogens is 2. The van der Waals surface area contributed by atoms with E-state index < -0.39 is 11.8 Å². The Morgan fingerprint density at radius 1 is 1.35 bits per heavy atom. The average molecular weight is 332 g/mol. The maximum absolute atomic E-state index is 13.7. The van der Waals surface area contributed by atoms with E-state index in [4.69, 9.17) is 9.26 Å². The van der Waals surface area contributed by atoms with Crippen LogP contribution >= 0.6 is 11.3 Å². The number of hydrogen-bond acceptors (Lipinski definition) is 6. The molecule has 0 aliphatic rings. The van der Waals surface area contributed by atoms with Crippen molar-refractivity contribution in [2.75, 3.05) is 0 Å². The molecule has 0 aliphatic heterocycles. The zero-order valence-corrected chi connectivity index (χ0v) is 13.3. The van der Waals surface area contributed by atoms with Crippen molar-refractivity contribution in [3.05, 3.63) is 57.4 Å². The van der Waals surface area contributed by atoms with Crippen molar-refractivity contribution in [2.24, 2.45) is 0 Å². The Labute approximate surface area is 135 Å². The van der Waals surface area contributed by atoms with Gasteiger partial charge in [0.1, 0.15) is 23.0 Å². The summed E-state index contributed by atoms with van der Waals surface area (Å²) in [6.45, 7) is 3.53. The van der Waals surface area contributed by atoms with E-state index in [0.29, 0.717) is 27.6 Å². The molecule has 2 heterocycles. The molecular weight excluding hydrogens is 319 g/mol. The molecule has 2 aromatic heterocycles. The molecule has 7 heteroatoms. The molecule has 1 aromatic carbocycles. The third-order valence-electron chi connectivity index (χ3n) is 3.14. The molecular formula is C16H13FN2O3S. The summed E-state index contributed by atoms with van der Waals surface area (Å²) >= 11 is 1.28. The fourth-order valence-electron chi connectivity index (χ4n) is 2.09. The first kappa shape index (κ1) is 15.4. The van der Waals surface area contributed by atoms with E-state index in [2.05, 4.69) is 10.1 Å². The van der Waals surface area contributed by atoms with E-state index in [-0.39, 0.29) is 6.61 Å². The van der Waals surface area contributed by atoms with Gasteiger partial charge in [-0.3, -0.25) is 0 Å². The smallest absolute Gasteiger partial charge is 0.350 e. The second-order valence-electron chi connectivity index (χ2n) is 4.89. The van der Waals surface area contributed by atoms with Crippen LogP contribution in [0.4, 0.5) is 4.39 Å². The number of esters is 1. The van der Waals surface area contributed by atoms with Gasteiger partial charge in [-0.1, -0.05) is 17.3 Å². The molecule has 0 N–H and O–H groups in total. The number of rotatable bonds is 4. The van der Waals surface area contributed by atoms with Crippen molar-refractivity contribution in [1.29, 1.82) is 0 Å². The summed E-state index contributed by atoms with van der Waals surface area (Å²) in [7, 11) is 0. The van der Waals surface area contributed by atoms with Crippen LogP contribution in [0.25, 0.3) is 11.3 Å². The molecule has 0 radical (unpaired) electrons. The van der Waals surface area contributed by atoms with Gasteiger partial charge < -0.3 is 9.26 Å². The van der Waals surface area contributed by atoms with Crippen LogP contribution in [0.5, 0.6) is 0 Å². The summed E-state index contributed by atoms with van der Waals surface area (Å²) in [5.41, 5.74) is 1.37. The van der Waals surface area contributed by atoms with Gasteiger partial charge in [0, 0.05) is 6.07 Å². The summed E-state index contributed by atoms with van der Waals surface area (Å²) in [4.78, 5) is 16.7. The first-order valence-electron chi connectivity index (χ1n) is 6.86. The standard InChI is InChI=1S/C16H13FN2O3S/c1-9-15(23-10(2)18-9)16(20)21-8-11-7-14(22-19-11)12-5-3-4-6-13(12)17/h3-7H,8H2,1-2H3. The molecule has 5 nitrogen and oxygen atoms in total. The molecule has 0 bridgehead atoms. The number of thiazole rings is 1. The molecule has 0 aliphatic carbocycles. The third-order valence-corrected chi connectivity index (χ3v) is 4.19. The normalized spacial score (nSPS) is 10.7. The minimum absolute atomic E-state index is 0.0484. The van der Waals surface area contributed by atoms with Crippen LogP contribution in [-0.2, 0) is 11.3 Å². The van der Waals surface area contributed by atoms with Gasteiger partial charge >= 0.3 is 5.97 Å². The maximum Gasteiger partial charge on any atom is 0.350 e. The topological polar surface area (TPSA) is 65.2 Å². The molecule has 0 spiro atoms. The Bertz CT molecular complexity index is 857. The summed E-state index contributed by atoms with van der Waals surface area (Å²) in [6, 6.07) is 7.78. The highest BCUT2D eigenvalue weighted by Gasteiger charge is 2.17. The highest BCUT2D eigenvalue weighted by atomic mass is 32.1. The zero-order chi connectivity index (χ0) is 16.4. The Morgan fingerprint density at radius 3 is 2.83 bits per heavy atom. The molecule has 0 fully saturated rings. The Morgan fingerprint density at radius 2 is 2.13 bits per heavy atom. The number of hydrogen-bond donors (Lipinski definition) is 0. The fraction of sp³-hybridized carbons (Fsp3) is 0.188. The molecule has 0 amide bonds. The van der Waals surface area contributed by atoms with E-state index >= 15 is 0 Å². The highest BCUT2D eigenvalue weighted by Crippen LogP contribution is 2.24. The second kappa shape index (κ2) is 6.29. The van der Waals surface area contributed by atoms with Crippen LogP contribution in [-0.4, -0.2) is 16.1 Å². The number of benzene rings is 1. The summed E-state index contributed by atoms with van der Waals surface area (Å²) in [5.74, 6) is -0.564. The van der Waals surface area contributed by atoms with Gasteiger partial charge in [-0.25, -0.2) is 14.2 Å². The summed E-state index contributed by atoms with van der Waals surface area (Å²) < 4.78 is 24.0. The number of carbonyl (C=O) groups is 1. The van der Waals surface area contributed by atoms with Crippen LogP contribution in [0, 0.1) is 19.7 Å². The molecule has 0 saturated heterocycles. The Balaban J connectivity index is 1.69. The van der Waals surface area contributed by atoms with Crippen molar-refractivity contribution in [3.63, 3.8) is 0 Å². The Hall–Kier alpha value is -2.54. The predicted molar refractivity (Wildman–Crippen MR) is 82.6 cm³/mol. The van der Waals surface area contributed by atoms with Gasteiger partial charge in [0.05, 0.1) is 16.3 Å². The SMILES string of the molecule is Cc1nc(C)c(C(=O)OCc2cc(-c3ccccc3F)on2)s1. The Kier molecular flexibility index (Phi) is 4.20. The lowest BCUT2D eigenvalue weighted by Crippen LogP contribution is -2.05. The number of ether oxygens (including phenoxy) is 1.